The summed E-state index contributed by atoms with van der Waals surface area (Å²) in [4.78, 5) is 19.3. The molecule has 0 fully saturated rings. The first-order valence-corrected chi connectivity index (χ1v) is 7.29. The van der Waals surface area contributed by atoms with Gasteiger partial charge in [0, 0.05) is 30.7 Å². The molecule has 0 radical (unpaired) electrons. The highest BCUT2D eigenvalue weighted by molar-refractivity contribution is 7.15. The number of aromatic nitrogens is 1. The summed E-state index contributed by atoms with van der Waals surface area (Å²) in [6.07, 6.45) is 1.86. The number of nitrogens with zero attached hydrogens (tertiary/aromatic N) is 2. The monoisotopic (exact) mass is 285 g/mol. The highest BCUT2D eigenvalue weighted by Gasteiger charge is 2.27. The van der Waals surface area contributed by atoms with Gasteiger partial charge in [0.05, 0.1) is 7.11 Å². The molecule has 0 bridgehead atoms. The molecule has 0 unspecified atom stereocenters. The van der Waals surface area contributed by atoms with Crippen LogP contribution in [0.2, 0.25) is 0 Å². The van der Waals surface area contributed by atoms with Gasteiger partial charge in [-0.15, -0.1) is 11.3 Å². The first kappa shape index (κ1) is 15.9. The zero-order valence-corrected chi connectivity index (χ0v) is 13.1. The molecule has 19 heavy (non-hydrogen) atoms. The fourth-order valence-corrected chi connectivity index (χ4v) is 2.63. The van der Waals surface area contributed by atoms with Gasteiger partial charge in [0.2, 0.25) is 0 Å². The Labute approximate surface area is 119 Å². The van der Waals surface area contributed by atoms with Gasteiger partial charge < -0.3 is 9.64 Å². The van der Waals surface area contributed by atoms with Crippen molar-refractivity contribution in [2.24, 2.45) is 0 Å². The van der Waals surface area contributed by atoms with E-state index < -0.39 is 5.54 Å². The van der Waals surface area contributed by atoms with Crippen LogP contribution in [0.3, 0.4) is 0 Å². The van der Waals surface area contributed by atoms with Crippen molar-refractivity contribution in [1.82, 2.24) is 10.3 Å². The maximum atomic E-state index is 11.6. The summed E-state index contributed by atoms with van der Waals surface area (Å²) in [5.74, 6) is -0.263. The summed E-state index contributed by atoms with van der Waals surface area (Å²) < 4.78 is 4.76. The lowest BCUT2D eigenvalue weighted by Crippen LogP contribution is -2.46. The number of nitrogens with one attached hydrogen (secondary N) is 1. The molecule has 1 aromatic rings. The molecule has 0 aliphatic heterocycles. The predicted octanol–water partition coefficient (Wildman–Crippen LogP) is 2.03. The van der Waals surface area contributed by atoms with Crippen molar-refractivity contribution in [3.63, 3.8) is 0 Å². The Bertz CT molecular complexity index is 414. The van der Waals surface area contributed by atoms with E-state index in [9.17, 15) is 4.79 Å². The Morgan fingerprint density at radius 3 is 2.63 bits per heavy atom. The van der Waals surface area contributed by atoms with Crippen LogP contribution in [0.4, 0.5) is 5.13 Å². The summed E-state index contributed by atoms with van der Waals surface area (Å²) in [6, 6.07) is 0. The highest BCUT2D eigenvalue weighted by Crippen LogP contribution is 2.22. The standard InChI is InChI=1S/C13H23N3O2S/c1-6-16(7-2)12-14-8-10(19-12)9-15-13(3,4)11(17)18-5/h8,15H,6-7,9H2,1-5H3. The predicted molar refractivity (Wildman–Crippen MR) is 78.6 cm³/mol. The number of hydrogen-bond acceptors (Lipinski definition) is 6. The number of esters is 1. The number of thiazole rings is 1. The second-order valence-electron chi connectivity index (χ2n) is 4.75. The molecule has 1 N–H and O–H groups in total. The Hall–Kier alpha value is -1.14. The molecule has 0 aromatic carbocycles. The molecule has 0 amide bonds. The second kappa shape index (κ2) is 6.86. The molecule has 1 rings (SSSR count). The highest BCUT2D eigenvalue weighted by atomic mass is 32.1. The number of anilines is 1. The van der Waals surface area contributed by atoms with Crippen molar-refractivity contribution in [2.45, 2.75) is 39.8 Å². The minimum Gasteiger partial charge on any atom is -0.468 e. The first-order chi connectivity index (χ1) is 8.94. The third-order valence-corrected chi connectivity index (χ3v) is 4.03. The molecule has 1 aromatic heterocycles. The maximum Gasteiger partial charge on any atom is 0.325 e. The molecular formula is C13H23N3O2S. The molecule has 0 spiro atoms. The van der Waals surface area contributed by atoms with E-state index >= 15 is 0 Å². The van der Waals surface area contributed by atoms with E-state index in [-0.39, 0.29) is 5.97 Å². The molecule has 6 heteroatoms. The van der Waals surface area contributed by atoms with Crippen LogP contribution in [-0.2, 0) is 16.1 Å². The molecular weight excluding hydrogens is 262 g/mol. The number of methoxy groups -OCH3 is 1. The van der Waals surface area contributed by atoms with Crippen molar-refractivity contribution >= 4 is 22.4 Å². The van der Waals surface area contributed by atoms with Crippen molar-refractivity contribution in [3.8, 4) is 0 Å². The van der Waals surface area contributed by atoms with Crippen LogP contribution in [0, 0.1) is 0 Å². The average molecular weight is 285 g/mol. The molecule has 108 valence electrons. The summed E-state index contributed by atoms with van der Waals surface area (Å²) >= 11 is 1.65. The number of hydrogen-bond donors (Lipinski definition) is 1. The van der Waals surface area contributed by atoms with Crippen molar-refractivity contribution in [2.75, 3.05) is 25.1 Å². The van der Waals surface area contributed by atoms with Gasteiger partial charge in [-0.1, -0.05) is 0 Å². The van der Waals surface area contributed by atoms with Gasteiger partial charge in [-0.05, 0) is 27.7 Å². The lowest BCUT2D eigenvalue weighted by Gasteiger charge is -2.22. The van der Waals surface area contributed by atoms with Crippen molar-refractivity contribution in [1.29, 1.82) is 0 Å². The van der Waals surface area contributed by atoms with Gasteiger partial charge in [0.15, 0.2) is 5.13 Å². The zero-order valence-electron chi connectivity index (χ0n) is 12.3. The third-order valence-electron chi connectivity index (χ3n) is 2.98. The molecule has 0 atom stereocenters. The first-order valence-electron chi connectivity index (χ1n) is 6.47. The smallest absolute Gasteiger partial charge is 0.325 e. The van der Waals surface area contributed by atoms with Gasteiger partial charge in [0.25, 0.3) is 0 Å². The largest absolute Gasteiger partial charge is 0.468 e. The van der Waals surface area contributed by atoms with E-state index in [1.165, 1.54) is 7.11 Å². The van der Waals surface area contributed by atoms with Crippen LogP contribution in [0.5, 0.6) is 0 Å². The van der Waals surface area contributed by atoms with Crippen LogP contribution < -0.4 is 10.2 Å². The number of carbonyl (C=O) groups excluding carboxylic acids is 1. The molecule has 0 saturated heterocycles. The fourth-order valence-electron chi connectivity index (χ4n) is 1.65. The quantitative estimate of drug-likeness (QED) is 0.777. The van der Waals surface area contributed by atoms with Crippen LogP contribution in [-0.4, -0.2) is 36.7 Å². The molecule has 1 heterocycles. The summed E-state index contributed by atoms with van der Waals surface area (Å²) in [6.45, 7) is 10.4. The number of carbonyl (C=O) groups is 1. The number of rotatable bonds is 7. The Morgan fingerprint density at radius 1 is 1.47 bits per heavy atom. The topological polar surface area (TPSA) is 54.5 Å². The normalized spacial score (nSPS) is 11.4. The van der Waals surface area contributed by atoms with Crippen molar-refractivity contribution < 1.29 is 9.53 Å². The second-order valence-corrected chi connectivity index (χ2v) is 5.85. The zero-order chi connectivity index (χ0) is 14.5. The SMILES string of the molecule is CCN(CC)c1ncc(CNC(C)(C)C(=O)OC)s1. The van der Waals surface area contributed by atoms with Gasteiger partial charge >= 0.3 is 5.97 Å². The van der Waals surface area contributed by atoms with Crippen LogP contribution in [0.15, 0.2) is 6.20 Å². The minimum absolute atomic E-state index is 0.263. The van der Waals surface area contributed by atoms with Gasteiger partial charge in [-0.25, -0.2) is 4.98 Å². The number of ether oxygens (including phenoxy) is 1. The lowest BCUT2D eigenvalue weighted by atomic mass is 10.1. The summed E-state index contributed by atoms with van der Waals surface area (Å²) in [7, 11) is 1.40. The van der Waals surface area contributed by atoms with E-state index in [1.54, 1.807) is 11.3 Å². The Balaban J connectivity index is 2.62. The molecule has 0 aliphatic rings. The molecule has 0 aliphatic carbocycles. The minimum atomic E-state index is -0.686. The van der Waals surface area contributed by atoms with E-state index in [0.29, 0.717) is 6.54 Å². The van der Waals surface area contributed by atoms with Crippen molar-refractivity contribution in [3.05, 3.63) is 11.1 Å². The molecule has 0 saturated carbocycles. The lowest BCUT2D eigenvalue weighted by molar-refractivity contribution is -0.147. The van der Waals surface area contributed by atoms with E-state index in [0.717, 1.165) is 23.1 Å². The van der Waals surface area contributed by atoms with Gasteiger partial charge in [-0.2, -0.15) is 0 Å². The Morgan fingerprint density at radius 2 is 2.11 bits per heavy atom. The van der Waals surface area contributed by atoms with Gasteiger partial charge in [-0.3, -0.25) is 10.1 Å². The van der Waals surface area contributed by atoms with Crippen LogP contribution >= 0.6 is 11.3 Å². The average Bonchev–Trinajstić information content (AvgIpc) is 2.86. The summed E-state index contributed by atoms with van der Waals surface area (Å²) in [5, 5.41) is 4.22. The van der Waals surface area contributed by atoms with Crippen LogP contribution in [0.1, 0.15) is 32.6 Å². The van der Waals surface area contributed by atoms with E-state index in [1.807, 2.05) is 20.0 Å². The Kier molecular flexibility index (Phi) is 5.75. The third kappa shape index (κ3) is 4.18. The van der Waals surface area contributed by atoms with E-state index in [2.05, 4.69) is 29.0 Å². The maximum absolute atomic E-state index is 11.6. The van der Waals surface area contributed by atoms with Gasteiger partial charge in [0.1, 0.15) is 5.54 Å². The fraction of sp³-hybridized carbons (Fsp3) is 0.692. The van der Waals surface area contributed by atoms with E-state index in [4.69, 9.17) is 4.74 Å². The van der Waals surface area contributed by atoms with Crippen LogP contribution in [0.25, 0.3) is 0 Å². The summed E-state index contributed by atoms with van der Waals surface area (Å²) in [5.41, 5.74) is -0.686. The molecule has 5 nitrogen and oxygen atoms in total.